The van der Waals surface area contributed by atoms with Crippen LogP contribution in [0.1, 0.15) is 22.5 Å². The first-order valence-corrected chi connectivity index (χ1v) is 9.22. The van der Waals surface area contributed by atoms with E-state index in [1.54, 1.807) is 0 Å². The van der Waals surface area contributed by atoms with Gasteiger partial charge in [-0.25, -0.2) is 0 Å². The number of pyridine rings is 2. The Bertz CT molecular complexity index is 1140. The minimum Gasteiger partial charge on any atom is -0.398 e. The van der Waals surface area contributed by atoms with Gasteiger partial charge in [-0.05, 0) is 61.4 Å². The summed E-state index contributed by atoms with van der Waals surface area (Å²) in [6.07, 6.45) is 0.700. The third-order valence-corrected chi connectivity index (χ3v) is 4.87. The van der Waals surface area contributed by atoms with E-state index >= 15 is 0 Å². The highest BCUT2D eigenvalue weighted by molar-refractivity contribution is 5.93. The average molecular weight is 370 g/mol. The van der Waals surface area contributed by atoms with Crippen molar-refractivity contribution >= 4 is 39.0 Å². The van der Waals surface area contributed by atoms with E-state index in [4.69, 9.17) is 11.5 Å². The molecule has 0 fully saturated rings. The van der Waals surface area contributed by atoms with Gasteiger partial charge >= 0.3 is 0 Å². The lowest BCUT2D eigenvalue weighted by molar-refractivity contribution is -0.117. The van der Waals surface area contributed by atoms with E-state index in [0.717, 1.165) is 44.3 Å². The second kappa shape index (κ2) is 6.93. The predicted molar refractivity (Wildman–Crippen MR) is 114 cm³/mol. The fraction of sp³-hybridized carbons (Fsp3) is 0.174. The first kappa shape index (κ1) is 17.9. The summed E-state index contributed by atoms with van der Waals surface area (Å²) in [5.74, 6) is 0.135. The molecule has 0 bridgehead atoms. The number of hydrogen-bond donors (Lipinski definition) is 2. The molecule has 140 valence electrons. The molecule has 0 aliphatic carbocycles. The number of hydrogen-bond acceptors (Lipinski definition) is 5. The molecule has 0 amide bonds. The van der Waals surface area contributed by atoms with Gasteiger partial charge in [0.1, 0.15) is 5.78 Å². The molecular weight excluding hydrogens is 348 g/mol. The number of nitrogen functional groups attached to an aromatic ring is 2. The van der Waals surface area contributed by atoms with Crippen LogP contribution in [0.15, 0.2) is 48.5 Å². The van der Waals surface area contributed by atoms with Crippen molar-refractivity contribution in [2.45, 2.75) is 26.7 Å². The Morgan fingerprint density at radius 1 is 0.750 bits per heavy atom. The third kappa shape index (κ3) is 3.51. The first-order chi connectivity index (χ1) is 13.4. The van der Waals surface area contributed by atoms with Crippen LogP contribution >= 0.6 is 0 Å². The number of Topliss-reactive ketones (excluding diaryl/α,β-unsaturated/α-hetero) is 1. The quantitative estimate of drug-likeness (QED) is 0.568. The van der Waals surface area contributed by atoms with Gasteiger partial charge in [0, 0.05) is 46.4 Å². The second-order valence-corrected chi connectivity index (χ2v) is 7.30. The van der Waals surface area contributed by atoms with Crippen LogP contribution in [-0.2, 0) is 17.6 Å². The highest BCUT2D eigenvalue weighted by Gasteiger charge is 2.10. The number of aromatic nitrogens is 2. The molecule has 2 heterocycles. The summed E-state index contributed by atoms with van der Waals surface area (Å²) in [6.45, 7) is 3.83. The van der Waals surface area contributed by atoms with Crippen LogP contribution in [0.2, 0.25) is 0 Å². The molecule has 2 aromatic carbocycles. The van der Waals surface area contributed by atoms with Crippen LogP contribution in [-0.4, -0.2) is 15.8 Å². The van der Waals surface area contributed by atoms with E-state index in [2.05, 4.69) is 9.97 Å². The van der Waals surface area contributed by atoms with Gasteiger partial charge in [0.15, 0.2) is 0 Å². The molecule has 4 rings (SSSR count). The number of nitrogens with zero attached hydrogens (tertiary/aromatic N) is 2. The second-order valence-electron chi connectivity index (χ2n) is 7.30. The summed E-state index contributed by atoms with van der Waals surface area (Å²) in [4.78, 5) is 21.6. The minimum absolute atomic E-state index is 0.135. The smallest absolute Gasteiger partial charge is 0.141 e. The third-order valence-electron chi connectivity index (χ3n) is 4.87. The molecule has 2 aromatic heterocycles. The summed E-state index contributed by atoms with van der Waals surface area (Å²) >= 11 is 0. The molecule has 0 aliphatic rings. The highest BCUT2D eigenvalue weighted by atomic mass is 16.1. The first-order valence-electron chi connectivity index (χ1n) is 9.22. The van der Waals surface area contributed by atoms with Gasteiger partial charge in [-0.1, -0.05) is 12.1 Å². The Labute approximate surface area is 163 Å². The predicted octanol–water partition coefficient (Wildman–Crippen LogP) is 3.92. The maximum absolute atomic E-state index is 12.6. The van der Waals surface area contributed by atoms with Crippen molar-refractivity contribution in [2.75, 3.05) is 11.5 Å². The molecule has 0 unspecified atom stereocenters. The van der Waals surface area contributed by atoms with E-state index in [9.17, 15) is 4.79 Å². The number of ketones is 1. The van der Waals surface area contributed by atoms with E-state index in [-0.39, 0.29) is 5.78 Å². The molecule has 5 heteroatoms. The summed E-state index contributed by atoms with van der Waals surface area (Å²) in [5, 5.41) is 1.77. The molecule has 0 spiro atoms. The summed E-state index contributed by atoms with van der Waals surface area (Å²) in [7, 11) is 0. The summed E-state index contributed by atoms with van der Waals surface area (Å²) < 4.78 is 0. The number of anilines is 2. The van der Waals surface area contributed by atoms with E-state index < -0.39 is 0 Å². The standard InChI is InChI=1S/C23H22N4O/c1-13-7-20(24)18-11-15(3-5-22(18)26-13)9-17(28)10-16-4-6-23-19(12-16)21(25)8-14(2)27-23/h3-8,11-12H,9-10H2,1-2H3,(H2,24,26)(H2,25,27). The van der Waals surface area contributed by atoms with Crippen LogP contribution in [0.4, 0.5) is 11.4 Å². The Hall–Kier alpha value is -3.47. The van der Waals surface area contributed by atoms with Crippen molar-refractivity contribution in [3.8, 4) is 0 Å². The number of carbonyl (C=O) groups excluding carboxylic acids is 1. The molecule has 28 heavy (non-hydrogen) atoms. The minimum atomic E-state index is 0.135. The van der Waals surface area contributed by atoms with Crippen molar-refractivity contribution in [2.24, 2.45) is 0 Å². The summed E-state index contributed by atoms with van der Waals surface area (Å²) in [6, 6.07) is 15.3. The number of aryl methyl sites for hydroxylation is 2. The van der Waals surface area contributed by atoms with Crippen LogP contribution in [0.25, 0.3) is 21.8 Å². The molecule has 0 radical (unpaired) electrons. The van der Waals surface area contributed by atoms with Gasteiger partial charge < -0.3 is 11.5 Å². The normalized spacial score (nSPS) is 11.2. The van der Waals surface area contributed by atoms with Crippen LogP contribution in [0, 0.1) is 13.8 Å². The molecular formula is C23H22N4O. The summed E-state index contributed by atoms with van der Waals surface area (Å²) in [5.41, 5.74) is 18.9. The van der Waals surface area contributed by atoms with Gasteiger partial charge in [0.05, 0.1) is 11.0 Å². The van der Waals surface area contributed by atoms with E-state index in [1.165, 1.54) is 0 Å². The van der Waals surface area contributed by atoms with Gasteiger partial charge in [-0.15, -0.1) is 0 Å². The largest absolute Gasteiger partial charge is 0.398 e. The van der Waals surface area contributed by atoms with Crippen LogP contribution in [0.3, 0.4) is 0 Å². The zero-order valence-electron chi connectivity index (χ0n) is 16.0. The van der Waals surface area contributed by atoms with Crippen molar-refractivity contribution in [3.63, 3.8) is 0 Å². The van der Waals surface area contributed by atoms with Crippen molar-refractivity contribution < 1.29 is 4.79 Å². The molecule has 0 saturated carbocycles. The van der Waals surface area contributed by atoms with Gasteiger partial charge in [0.25, 0.3) is 0 Å². The molecule has 4 N–H and O–H groups in total. The van der Waals surface area contributed by atoms with E-state index in [1.807, 2.05) is 62.4 Å². The number of nitrogens with two attached hydrogens (primary N) is 2. The molecule has 0 aliphatic heterocycles. The Morgan fingerprint density at radius 2 is 1.18 bits per heavy atom. The fourth-order valence-corrected chi connectivity index (χ4v) is 3.61. The molecule has 0 saturated heterocycles. The van der Waals surface area contributed by atoms with Crippen molar-refractivity contribution in [3.05, 3.63) is 71.0 Å². The number of benzene rings is 2. The molecule has 5 nitrogen and oxygen atoms in total. The number of rotatable bonds is 4. The van der Waals surface area contributed by atoms with Crippen molar-refractivity contribution in [1.29, 1.82) is 0 Å². The SMILES string of the molecule is Cc1cc(N)c2cc(CC(=O)Cc3ccc4nc(C)cc(N)c4c3)ccc2n1. The maximum atomic E-state index is 12.6. The fourth-order valence-electron chi connectivity index (χ4n) is 3.61. The average Bonchev–Trinajstić information content (AvgIpc) is 2.62. The lowest BCUT2D eigenvalue weighted by Gasteiger charge is -2.08. The van der Waals surface area contributed by atoms with Crippen LogP contribution in [0.5, 0.6) is 0 Å². The Morgan fingerprint density at radius 3 is 1.61 bits per heavy atom. The Balaban J connectivity index is 1.56. The van der Waals surface area contributed by atoms with Gasteiger partial charge in [-0.2, -0.15) is 0 Å². The maximum Gasteiger partial charge on any atom is 0.141 e. The monoisotopic (exact) mass is 370 g/mol. The zero-order valence-corrected chi connectivity index (χ0v) is 16.0. The zero-order chi connectivity index (χ0) is 19.8. The number of carbonyl (C=O) groups is 1. The lowest BCUT2D eigenvalue weighted by atomic mass is 9.99. The molecule has 4 aromatic rings. The van der Waals surface area contributed by atoms with Gasteiger partial charge in [-0.3, -0.25) is 14.8 Å². The number of fused-ring (bicyclic) bond motifs is 2. The molecule has 0 atom stereocenters. The topological polar surface area (TPSA) is 94.9 Å². The Kier molecular flexibility index (Phi) is 4.43. The lowest BCUT2D eigenvalue weighted by Crippen LogP contribution is -2.07. The van der Waals surface area contributed by atoms with E-state index in [0.29, 0.717) is 24.2 Å². The van der Waals surface area contributed by atoms with Crippen LogP contribution < -0.4 is 11.5 Å². The van der Waals surface area contributed by atoms with Crippen molar-refractivity contribution in [1.82, 2.24) is 9.97 Å². The van der Waals surface area contributed by atoms with Gasteiger partial charge in [0.2, 0.25) is 0 Å². The highest BCUT2D eigenvalue weighted by Crippen LogP contribution is 2.24.